The Morgan fingerprint density at radius 1 is 1.45 bits per heavy atom. The maximum atomic E-state index is 5.57. The largest absolute Gasteiger partial charge is 0.384 e. The first-order chi connectivity index (χ1) is 5.25. The van der Waals surface area contributed by atoms with Gasteiger partial charge in [0.15, 0.2) is 0 Å². The van der Waals surface area contributed by atoms with Crippen molar-refractivity contribution in [2.24, 2.45) is 5.92 Å². The van der Waals surface area contributed by atoms with Gasteiger partial charge in [-0.1, -0.05) is 6.92 Å². The molecule has 2 heteroatoms. The van der Waals surface area contributed by atoms with Gasteiger partial charge in [0.05, 0.1) is 0 Å². The van der Waals surface area contributed by atoms with Gasteiger partial charge in [-0.25, -0.2) is 4.98 Å². The Morgan fingerprint density at radius 2 is 2.18 bits per heavy atom. The van der Waals surface area contributed by atoms with Gasteiger partial charge in [0.25, 0.3) is 0 Å². The summed E-state index contributed by atoms with van der Waals surface area (Å²) in [6.07, 6.45) is 4.25. The molecule has 0 bridgehead atoms. The predicted molar refractivity (Wildman–Crippen MR) is 45.2 cm³/mol. The van der Waals surface area contributed by atoms with E-state index in [0.717, 1.165) is 5.92 Å². The van der Waals surface area contributed by atoms with Crippen molar-refractivity contribution in [2.45, 2.75) is 19.8 Å². The van der Waals surface area contributed by atoms with Crippen LogP contribution in [0.5, 0.6) is 0 Å². The van der Waals surface area contributed by atoms with Gasteiger partial charge in [0, 0.05) is 6.20 Å². The predicted octanol–water partition coefficient (Wildman–Crippen LogP) is 1.40. The molecule has 1 aliphatic carbocycles. The molecule has 1 atom stereocenters. The number of aromatic nitrogens is 1. The second-order valence-corrected chi connectivity index (χ2v) is 3.39. The van der Waals surface area contributed by atoms with E-state index in [-0.39, 0.29) is 0 Å². The maximum Gasteiger partial charge on any atom is 0.123 e. The van der Waals surface area contributed by atoms with E-state index >= 15 is 0 Å². The number of nitrogens with two attached hydrogens (primary N) is 1. The van der Waals surface area contributed by atoms with Crippen LogP contribution >= 0.6 is 0 Å². The fourth-order valence-electron chi connectivity index (χ4n) is 1.74. The summed E-state index contributed by atoms with van der Waals surface area (Å²) in [7, 11) is 0. The molecule has 0 fully saturated rings. The van der Waals surface area contributed by atoms with Gasteiger partial charge in [-0.15, -0.1) is 0 Å². The lowest BCUT2D eigenvalue weighted by Crippen LogP contribution is -1.92. The van der Waals surface area contributed by atoms with Crippen LogP contribution in [0.3, 0.4) is 0 Å². The number of pyridine rings is 1. The first-order valence-corrected chi connectivity index (χ1v) is 3.99. The molecule has 0 saturated carbocycles. The molecule has 1 unspecified atom stereocenters. The summed E-state index contributed by atoms with van der Waals surface area (Å²) >= 11 is 0. The van der Waals surface area contributed by atoms with Gasteiger partial charge < -0.3 is 5.73 Å². The summed E-state index contributed by atoms with van der Waals surface area (Å²) in [5.74, 6) is 1.42. The summed E-state index contributed by atoms with van der Waals surface area (Å²) in [6, 6.07) is 2.00. The molecular weight excluding hydrogens is 136 g/mol. The van der Waals surface area contributed by atoms with Crippen LogP contribution in [0.1, 0.15) is 18.1 Å². The second kappa shape index (κ2) is 2.22. The van der Waals surface area contributed by atoms with Crippen LogP contribution in [0.4, 0.5) is 5.82 Å². The van der Waals surface area contributed by atoms with Crippen molar-refractivity contribution in [3.8, 4) is 0 Å². The summed E-state index contributed by atoms with van der Waals surface area (Å²) < 4.78 is 0. The third kappa shape index (κ3) is 1.09. The summed E-state index contributed by atoms with van der Waals surface area (Å²) in [5, 5.41) is 0. The first-order valence-electron chi connectivity index (χ1n) is 3.99. The molecule has 1 aliphatic rings. The molecule has 1 heterocycles. The van der Waals surface area contributed by atoms with Crippen molar-refractivity contribution in [1.82, 2.24) is 4.98 Å². The molecular formula is C9H12N2. The highest BCUT2D eigenvalue weighted by atomic mass is 14.8. The molecule has 0 amide bonds. The summed E-state index contributed by atoms with van der Waals surface area (Å²) in [6.45, 7) is 2.26. The molecule has 0 aromatic carbocycles. The van der Waals surface area contributed by atoms with E-state index in [0.29, 0.717) is 5.82 Å². The van der Waals surface area contributed by atoms with Gasteiger partial charge in [0.2, 0.25) is 0 Å². The fourth-order valence-corrected chi connectivity index (χ4v) is 1.74. The molecule has 0 saturated heterocycles. The van der Waals surface area contributed by atoms with Crippen LogP contribution in [0, 0.1) is 5.92 Å². The standard InChI is InChI=1S/C9H12N2/c1-6-2-7-4-9(10)11-5-8(7)3-6/h4-6H,2-3H2,1H3,(H2,10,11). The number of nitrogens with zero attached hydrogens (tertiary/aromatic N) is 1. The third-order valence-corrected chi connectivity index (χ3v) is 2.24. The van der Waals surface area contributed by atoms with Gasteiger partial charge >= 0.3 is 0 Å². The van der Waals surface area contributed by atoms with Crippen LogP contribution in [-0.4, -0.2) is 4.98 Å². The molecule has 58 valence electrons. The first kappa shape index (κ1) is 6.65. The van der Waals surface area contributed by atoms with Crippen molar-refractivity contribution in [3.63, 3.8) is 0 Å². The average molecular weight is 148 g/mol. The molecule has 1 aromatic rings. The van der Waals surface area contributed by atoms with Crippen LogP contribution < -0.4 is 5.73 Å². The van der Waals surface area contributed by atoms with E-state index in [9.17, 15) is 0 Å². The average Bonchev–Trinajstić information content (AvgIpc) is 2.27. The lowest BCUT2D eigenvalue weighted by molar-refractivity contribution is 0.627. The Morgan fingerprint density at radius 3 is 3.00 bits per heavy atom. The Hall–Kier alpha value is -1.05. The highest BCUT2D eigenvalue weighted by Gasteiger charge is 2.17. The Kier molecular flexibility index (Phi) is 1.34. The minimum Gasteiger partial charge on any atom is -0.384 e. The molecule has 2 N–H and O–H groups in total. The highest BCUT2D eigenvalue weighted by molar-refractivity contribution is 5.39. The van der Waals surface area contributed by atoms with E-state index in [1.54, 1.807) is 0 Å². The quantitative estimate of drug-likeness (QED) is 0.604. The number of hydrogen-bond acceptors (Lipinski definition) is 2. The van der Waals surface area contributed by atoms with Crippen LogP contribution in [0.25, 0.3) is 0 Å². The normalized spacial score (nSPS) is 21.7. The van der Waals surface area contributed by atoms with E-state index in [4.69, 9.17) is 5.73 Å². The van der Waals surface area contributed by atoms with E-state index in [2.05, 4.69) is 11.9 Å². The van der Waals surface area contributed by atoms with E-state index in [1.807, 2.05) is 12.3 Å². The van der Waals surface area contributed by atoms with Crippen LogP contribution in [0.15, 0.2) is 12.3 Å². The number of nitrogen functional groups attached to an aromatic ring is 1. The minimum absolute atomic E-state index is 0.651. The van der Waals surface area contributed by atoms with Gasteiger partial charge in [-0.05, 0) is 36.0 Å². The Labute approximate surface area is 66.4 Å². The van der Waals surface area contributed by atoms with Gasteiger partial charge in [-0.3, -0.25) is 0 Å². The smallest absolute Gasteiger partial charge is 0.123 e. The Bertz CT molecular complexity index is 281. The SMILES string of the molecule is CC1Cc2cnc(N)cc2C1. The minimum atomic E-state index is 0.651. The molecule has 0 radical (unpaired) electrons. The van der Waals surface area contributed by atoms with E-state index < -0.39 is 0 Å². The van der Waals surface area contributed by atoms with Crippen LogP contribution in [-0.2, 0) is 12.8 Å². The maximum absolute atomic E-state index is 5.57. The second-order valence-electron chi connectivity index (χ2n) is 3.39. The zero-order valence-corrected chi connectivity index (χ0v) is 6.67. The van der Waals surface area contributed by atoms with Crippen LogP contribution in [0.2, 0.25) is 0 Å². The van der Waals surface area contributed by atoms with E-state index in [1.165, 1.54) is 24.0 Å². The molecule has 2 nitrogen and oxygen atoms in total. The number of hydrogen-bond donors (Lipinski definition) is 1. The van der Waals surface area contributed by atoms with Crippen molar-refractivity contribution in [2.75, 3.05) is 5.73 Å². The monoisotopic (exact) mass is 148 g/mol. The highest BCUT2D eigenvalue weighted by Crippen LogP contribution is 2.26. The number of anilines is 1. The zero-order chi connectivity index (χ0) is 7.84. The lowest BCUT2D eigenvalue weighted by atomic mass is 10.1. The number of rotatable bonds is 0. The molecule has 2 rings (SSSR count). The fraction of sp³-hybridized carbons (Fsp3) is 0.444. The van der Waals surface area contributed by atoms with Gasteiger partial charge in [-0.2, -0.15) is 0 Å². The summed E-state index contributed by atoms with van der Waals surface area (Å²) in [4.78, 5) is 4.06. The van der Waals surface area contributed by atoms with Crippen molar-refractivity contribution >= 4 is 5.82 Å². The topological polar surface area (TPSA) is 38.9 Å². The lowest BCUT2D eigenvalue weighted by Gasteiger charge is -1.97. The van der Waals surface area contributed by atoms with Gasteiger partial charge in [0.1, 0.15) is 5.82 Å². The third-order valence-electron chi connectivity index (χ3n) is 2.24. The molecule has 1 aromatic heterocycles. The van der Waals surface area contributed by atoms with Crippen molar-refractivity contribution < 1.29 is 0 Å². The Balaban J connectivity index is 2.43. The van der Waals surface area contributed by atoms with Crippen molar-refractivity contribution in [3.05, 3.63) is 23.4 Å². The van der Waals surface area contributed by atoms with Crippen molar-refractivity contribution in [1.29, 1.82) is 0 Å². The summed E-state index contributed by atoms with van der Waals surface area (Å²) in [5.41, 5.74) is 8.34. The zero-order valence-electron chi connectivity index (χ0n) is 6.67. The molecule has 0 spiro atoms. The molecule has 11 heavy (non-hydrogen) atoms. The number of fused-ring (bicyclic) bond motifs is 1. The molecule has 0 aliphatic heterocycles.